The predicted molar refractivity (Wildman–Crippen MR) is 120 cm³/mol. The number of aromatic carboxylic acids is 1. The van der Waals surface area contributed by atoms with Crippen molar-refractivity contribution in [3.05, 3.63) is 65.2 Å². The second kappa shape index (κ2) is 13.1. The van der Waals surface area contributed by atoms with Crippen molar-refractivity contribution in [1.82, 2.24) is 5.32 Å². The molecule has 0 radical (unpaired) electrons. The van der Waals surface area contributed by atoms with Gasteiger partial charge in [0.05, 0.1) is 18.6 Å². The van der Waals surface area contributed by atoms with Crippen LogP contribution in [0.15, 0.2) is 48.5 Å². The zero-order valence-corrected chi connectivity index (χ0v) is 18.0. The van der Waals surface area contributed by atoms with Crippen LogP contribution in [0.2, 0.25) is 0 Å². The minimum Gasteiger partial charge on any atom is -0.494 e. The number of aliphatic carboxylic acids is 1. The van der Waals surface area contributed by atoms with Gasteiger partial charge in [-0.25, -0.2) is 9.59 Å². The zero-order valence-electron chi connectivity index (χ0n) is 18.0. The Balaban J connectivity index is 1.88. The summed E-state index contributed by atoms with van der Waals surface area (Å²) in [6.45, 7) is 1.31. The van der Waals surface area contributed by atoms with Gasteiger partial charge in [0.2, 0.25) is 5.91 Å². The number of amides is 1. The Labute approximate surface area is 187 Å². The largest absolute Gasteiger partial charge is 0.494 e. The standard InChI is InChI=1S/C24H30N2O6/c25-13-5-1-2-6-14-32-19-11-9-17(10-12-19)15-21(24(30)31)26-22(27)16-18-7-3-4-8-20(18)23(28)29/h3-4,7-12,21H,1-2,5-6,13-16,25H2,(H,26,27)(H,28,29)(H,30,31). The highest BCUT2D eigenvalue weighted by atomic mass is 16.5. The average molecular weight is 443 g/mol. The number of unbranched alkanes of at least 4 members (excludes halogenated alkanes) is 3. The molecule has 5 N–H and O–H groups in total. The number of ether oxygens (including phenoxy) is 1. The number of carbonyl (C=O) groups is 3. The molecule has 32 heavy (non-hydrogen) atoms. The molecule has 2 aromatic carbocycles. The molecule has 0 aliphatic heterocycles. The molecule has 8 nitrogen and oxygen atoms in total. The first-order valence-electron chi connectivity index (χ1n) is 10.7. The highest BCUT2D eigenvalue weighted by Crippen LogP contribution is 2.15. The van der Waals surface area contributed by atoms with Crippen LogP contribution in [0.25, 0.3) is 0 Å². The molecule has 0 aliphatic carbocycles. The van der Waals surface area contributed by atoms with E-state index in [0.717, 1.165) is 31.2 Å². The van der Waals surface area contributed by atoms with Crippen LogP contribution in [0.4, 0.5) is 0 Å². The number of carboxylic acids is 2. The Morgan fingerprint density at radius 2 is 1.62 bits per heavy atom. The maximum absolute atomic E-state index is 12.4. The average Bonchev–Trinajstić information content (AvgIpc) is 2.77. The van der Waals surface area contributed by atoms with Gasteiger partial charge >= 0.3 is 11.9 Å². The third-order valence-corrected chi connectivity index (χ3v) is 4.96. The van der Waals surface area contributed by atoms with Gasteiger partial charge in [-0.05, 0) is 48.7 Å². The fourth-order valence-corrected chi connectivity index (χ4v) is 3.25. The van der Waals surface area contributed by atoms with Crippen LogP contribution in [-0.2, 0) is 22.4 Å². The number of benzene rings is 2. The van der Waals surface area contributed by atoms with Crippen LogP contribution in [0.5, 0.6) is 5.75 Å². The van der Waals surface area contributed by atoms with Gasteiger partial charge in [-0.3, -0.25) is 4.79 Å². The smallest absolute Gasteiger partial charge is 0.335 e. The van der Waals surface area contributed by atoms with Crippen molar-refractivity contribution in [2.75, 3.05) is 13.2 Å². The van der Waals surface area contributed by atoms with E-state index in [0.29, 0.717) is 24.5 Å². The molecule has 1 atom stereocenters. The predicted octanol–water partition coefficient (Wildman–Crippen LogP) is 2.64. The fraction of sp³-hybridized carbons (Fsp3) is 0.375. The summed E-state index contributed by atoms with van der Waals surface area (Å²) in [5.74, 6) is -2.15. The third-order valence-electron chi connectivity index (χ3n) is 4.96. The lowest BCUT2D eigenvalue weighted by molar-refractivity contribution is -0.141. The summed E-state index contributed by atoms with van der Waals surface area (Å²) in [7, 11) is 0. The number of carbonyl (C=O) groups excluding carboxylic acids is 1. The quantitative estimate of drug-likeness (QED) is 0.330. The van der Waals surface area contributed by atoms with Crippen molar-refractivity contribution in [1.29, 1.82) is 0 Å². The SMILES string of the molecule is NCCCCCCOc1ccc(CC(NC(=O)Cc2ccccc2C(=O)O)C(=O)O)cc1. The molecule has 0 bridgehead atoms. The second-order valence-electron chi connectivity index (χ2n) is 7.50. The van der Waals surface area contributed by atoms with Crippen molar-refractivity contribution in [2.24, 2.45) is 5.73 Å². The van der Waals surface area contributed by atoms with E-state index in [1.807, 2.05) is 0 Å². The van der Waals surface area contributed by atoms with Crippen molar-refractivity contribution < 1.29 is 29.3 Å². The van der Waals surface area contributed by atoms with E-state index in [-0.39, 0.29) is 18.4 Å². The summed E-state index contributed by atoms with van der Waals surface area (Å²) in [5, 5.41) is 21.2. The molecule has 1 amide bonds. The summed E-state index contributed by atoms with van der Waals surface area (Å²) in [6, 6.07) is 12.1. The van der Waals surface area contributed by atoms with Gasteiger partial charge in [-0.15, -0.1) is 0 Å². The van der Waals surface area contributed by atoms with Crippen LogP contribution in [-0.4, -0.2) is 47.3 Å². The van der Waals surface area contributed by atoms with Gasteiger partial charge in [-0.2, -0.15) is 0 Å². The maximum Gasteiger partial charge on any atom is 0.335 e. The monoisotopic (exact) mass is 442 g/mol. The van der Waals surface area contributed by atoms with E-state index in [1.165, 1.54) is 12.1 Å². The van der Waals surface area contributed by atoms with Gasteiger partial charge in [-0.1, -0.05) is 43.2 Å². The van der Waals surface area contributed by atoms with Gasteiger partial charge in [0.25, 0.3) is 0 Å². The van der Waals surface area contributed by atoms with Crippen LogP contribution in [0, 0.1) is 0 Å². The number of carboxylic acid groups (broad SMARTS) is 2. The summed E-state index contributed by atoms with van der Waals surface area (Å²) in [4.78, 5) is 35.3. The van der Waals surface area contributed by atoms with E-state index >= 15 is 0 Å². The Morgan fingerprint density at radius 3 is 2.28 bits per heavy atom. The molecule has 0 saturated heterocycles. The molecule has 0 aromatic heterocycles. The molecular formula is C24H30N2O6. The van der Waals surface area contributed by atoms with E-state index in [2.05, 4.69) is 5.32 Å². The molecule has 0 aliphatic rings. The van der Waals surface area contributed by atoms with Crippen molar-refractivity contribution in [3.8, 4) is 5.75 Å². The van der Waals surface area contributed by atoms with Gasteiger partial charge in [0, 0.05) is 6.42 Å². The lowest BCUT2D eigenvalue weighted by Crippen LogP contribution is -2.43. The second-order valence-corrected chi connectivity index (χ2v) is 7.50. The van der Waals surface area contributed by atoms with Crippen molar-refractivity contribution in [2.45, 2.75) is 44.6 Å². The van der Waals surface area contributed by atoms with Crippen LogP contribution >= 0.6 is 0 Å². The number of hydrogen-bond acceptors (Lipinski definition) is 5. The number of nitrogens with two attached hydrogens (primary N) is 1. The topological polar surface area (TPSA) is 139 Å². The maximum atomic E-state index is 12.4. The summed E-state index contributed by atoms with van der Waals surface area (Å²) in [6.07, 6.45) is 3.99. The molecule has 172 valence electrons. The molecule has 1 unspecified atom stereocenters. The summed E-state index contributed by atoms with van der Waals surface area (Å²) < 4.78 is 5.69. The normalized spacial score (nSPS) is 11.5. The molecule has 0 saturated carbocycles. The minimum atomic E-state index is -1.16. The first-order valence-corrected chi connectivity index (χ1v) is 10.7. The molecule has 0 heterocycles. The van der Waals surface area contributed by atoms with Crippen LogP contribution in [0.1, 0.15) is 47.2 Å². The molecule has 2 aromatic rings. The number of rotatable bonds is 14. The lowest BCUT2D eigenvalue weighted by atomic mass is 10.0. The molecular weight excluding hydrogens is 412 g/mol. The van der Waals surface area contributed by atoms with Crippen molar-refractivity contribution in [3.63, 3.8) is 0 Å². The van der Waals surface area contributed by atoms with E-state index in [9.17, 15) is 24.6 Å². The van der Waals surface area contributed by atoms with Gasteiger partial charge in [0.1, 0.15) is 11.8 Å². The Kier molecular flexibility index (Phi) is 10.2. The fourth-order valence-electron chi connectivity index (χ4n) is 3.25. The van der Waals surface area contributed by atoms with Crippen LogP contribution < -0.4 is 15.8 Å². The first kappa shape index (κ1) is 24.9. The van der Waals surface area contributed by atoms with E-state index in [1.54, 1.807) is 36.4 Å². The Hall–Kier alpha value is -3.39. The van der Waals surface area contributed by atoms with E-state index < -0.39 is 23.9 Å². The molecule has 2 rings (SSSR count). The first-order chi connectivity index (χ1) is 15.4. The third kappa shape index (κ3) is 8.39. The zero-order chi connectivity index (χ0) is 23.3. The highest BCUT2D eigenvalue weighted by molar-refractivity contribution is 5.92. The minimum absolute atomic E-state index is 0.0180. The molecule has 0 spiro atoms. The molecule has 0 fully saturated rings. The Morgan fingerprint density at radius 1 is 0.938 bits per heavy atom. The highest BCUT2D eigenvalue weighted by Gasteiger charge is 2.21. The summed E-state index contributed by atoms with van der Waals surface area (Å²) in [5.41, 5.74) is 6.55. The Bertz CT molecular complexity index is 898. The van der Waals surface area contributed by atoms with E-state index in [4.69, 9.17) is 10.5 Å². The van der Waals surface area contributed by atoms with Crippen LogP contribution in [0.3, 0.4) is 0 Å². The van der Waals surface area contributed by atoms with Crippen molar-refractivity contribution >= 4 is 17.8 Å². The lowest BCUT2D eigenvalue weighted by Gasteiger charge is -2.15. The van der Waals surface area contributed by atoms with Gasteiger partial charge in [0.15, 0.2) is 0 Å². The molecule has 8 heteroatoms. The number of hydrogen-bond donors (Lipinski definition) is 4. The van der Waals surface area contributed by atoms with Gasteiger partial charge < -0.3 is 26.0 Å². The summed E-state index contributed by atoms with van der Waals surface area (Å²) >= 11 is 0. The number of nitrogens with one attached hydrogen (secondary N) is 1.